The number of aromatic nitrogens is 1. The van der Waals surface area contributed by atoms with Gasteiger partial charge in [0.25, 0.3) is 0 Å². The average Bonchev–Trinajstić information content (AvgIpc) is 2.90. The fraction of sp³-hybridized carbons (Fsp3) is 0.312. The number of benzene rings is 1. The molecule has 0 saturated carbocycles. The summed E-state index contributed by atoms with van der Waals surface area (Å²) in [6.07, 6.45) is 5.00. The van der Waals surface area contributed by atoms with Crippen molar-refractivity contribution in [3.63, 3.8) is 0 Å². The Morgan fingerprint density at radius 2 is 1.95 bits per heavy atom. The summed E-state index contributed by atoms with van der Waals surface area (Å²) in [5.74, 6) is -0.873. The lowest BCUT2D eigenvalue weighted by atomic mass is 10.0. The lowest BCUT2D eigenvalue weighted by Gasteiger charge is -2.21. The van der Waals surface area contributed by atoms with E-state index >= 15 is 0 Å². The van der Waals surface area contributed by atoms with Crippen molar-refractivity contribution in [1.29, 1.82) is 0 Å². The second kappa shape index (κ2) is 6.23. The van der Waals surface area contributed by atoms with Crippen LogP contribution in [0.25, 0.3) is 0 Å². The molecule has 0 fully saturated rings. The number of carboxylic acids is 1. The Morgan fingerprint density at radius 3 is 2.58 bits per heavy atom. The van der Waals surface area contributed by atoms with Crippen LogP contribution in [0.1, 0.15) is 48.3 Å². The van der Waals surface area contributed by atoms with E-state index in [0.717, 1.165) is 24.8 Å². The number of carboxylic acid groups (broad SMARTS) is 1. The van der Waals surface area contributed by atoms with E-state index in [1.807, 2.05) is 29.0 Å². The van der Waals surface area contributed by atoms with Gasteiger partial charge in [-0.25, -0.2) is 4.79 Å². The monoisotopic (exact) mass is 257 g/mol. The summed E-state index contributed by atoms with van der Waals surface area (Å²) in [4.78, 5) is 11.3. The molecule has 0 aliphatic rings. The normalized spacial score (nSPS) is 12.3. The molecule has 3 nitrogen and oxygen atoms in total. The van der Waals surface area contributed by atoms with Crippen LogP contribution in [0.3, 0.4) is 0 Å². The largest absolute Gasteiger partial charge is 0.477 e. The molecule has 19 heavy (non-hydrogen) atoms. The minimum absolute atomic E-state index is 0.0993. The number of unbranched alkanes of at least 4 members (excludes halogenated alkanes) is 1. The average molecular weight is 257 g/mol. The van der Waals surface area contributed by atoms with E-state index in [4.69, 9.17) is 0 Å². The first kappa shape index (κ1) is 13.4. The first-order valence-electron chi connectivity index (χ1n) is 6.69. The summed E-state index contributed by atoms with van der Waals surface area (Å²) in [5, 5.41) is 9.25. The number of rotatable bonds is 6. The molecule has 3 heteroatoms. The summed E-state index contributed by atoms with van der Waals surface area (Å²) in [5.41, 5.74) is 1.51. The third kappa shape index (κ3) is 3.05. The quantitative estimate of drug-likeness (QED) is 0.851. The number of nitrogens with zero attached hydrogens (tertiary/aromatic N) is 1. The van der Waals surface area contributed by atoms with E-state index in [2.05, 4.69) is 19.1 Å². The van der Waals surface area contributed by atoms with Gasteiger partial charge < -0.3 is 9.67 Å². The Kier molecular flexibility index (Phi) is 4.39. The van der Waals surface area contributed by atoms with Crippen LogP contribution in [0.15, 0.2) is 48.7 Å². The minimum atomic E-state index is -0.873. The topological polar surface area (TPSA) is 42.2 Å². The van der Waals surface area contributed by atoms with Crippen LogP contribution in [0, 0.1) is 0 Å². The zero-order valence-electron chi connectivity index (χ0n) is 11.1. The maximum atomic E-state index is 11.3. The molecular formula is C16H19NO2. The Balaban J connectivity index is 2.37. The van der Waals surface area contributed by atoms with Crippen molar-refractivity contribution in [2.45, 2.75) is 32.2 Å². The molecule has 1 unspecified atom stereocenters. The second-order valence-electron chi connectivity index (χ2n) is 4.67. The lowest BCUT2D eigenvalue weighted by molar-refractivity contribution is 0.0683. The van der Waals surface area contributed by atoms with Gasteiger partial charge in [0.1, 0.15) is 5.69 Å². The summed E-state index contributed by atoms with van der Waals surface area (Å²) in [6, 6.07) is 13.7. The van der Waals surface area contributed by atoms with E-state index in [-0.39, 0.29) is 6.04 Å². The molecule has 0 aliphatic carbocycles. The molecule has 1 N–H and O–H groups in total. The third-order valence-corrected chi connectivity index (χ3v) is 3.35. The van der Waals surface area contributed by atoms with Gasteiger partial charge in [0.2, 0.25) is 0 Å². The Labute approximate surface area is 113 Å². The third-order valence-electron chi connectivity index (χ3n) is 3.35. The van der Waals surface area contributed by atoms with Gasteiger partial charge in [-0.05, 0) is 24.1 Å². The maximum absolute atomic E-state index is 11.3. The van der Waals surface area contributed by atoms with Crippen molar-refractivity contribution < 1.29 is 9.90 Å². The summed E-state index contributed by atoms with van der Waals surface area (Å²) >= 11 is 0. The van der Waals surface area contributed by atoms with Gasteiger partial charge in [0, 0.05) is 6.20 Å². The van der Waals surface area contributed by atoms with Crippen LogP contribution < -0.4 is 0 Å². The highest BCUT2D eigenvalue weighted by Gasteiger charge is 2.18. The van der Waals surface area contributed by atoms with Crippen LogP contribution in [0.5, 0.6) is 0 Å². The molecule has 2 rings (SSSR count). The second-order valence-corrected chi connectivity index (χ2v) is 4.67. The van der Waals surface area contributed by atoms with Crippen LogP contribution in [-0.2, 0) is 0 Å². The van der Waals surface area contributed by atoms with Gasteiger partial charge in [-0.15, -0.1) is 0 Å². The van der Waals surface area contributed by atoms with Crippen molar-refractivity contribution in [2.24, 2.45) is 0 Å². The Hall–Kier alpha value is -2.03. The van der Waals surface area contributed by atoms with E-state index in [1.54, 1.807) is 12.1 Å². The van der Waals surface area contributed by atoms with Crippen molar-refractivity contribution in [3.05, 3.63) is 59.9 Å². The van der Waals surface area contributed by atoms with Crippen molar-refractivity contribution in [2.75, 3.05) is 0 Å². The Bertz CT molecular complexity index is 531. The summed E-state index contributed by atoms with van der Waals surface area (Å²) in [6.45, 7) is 2.15. The van der Waals surface area contributed by atoms with E-state index < -0.39 is 5.97 Å². The number of aromatic carboxylic acids is 1. The molecule has 1 atom stereocenters. The molecule has 1 heterocycles. The first-order valence-corrected chi connectivity index (χ1v) is 6.69. The van der Waals surface area contributed by atoms with Gasteiger partial charge in [0.15, 0.2) is 0 Å². The van der Waals surface area contributed by atoms with Gasteiger partial charge in [-0.2, -0.15) is 0 Å². The van der Waals surface area contributed by atoms with E-state index in [1.165, 1.54) is 0 Å². The molecule has 0 aliphatic heterocycles. The predicted octanol–water partition coefficient (Wildman–Crippen LogP) is 3.97. The molecule has 0 spiro atoms. The van der Waals surface area contributed by atoms with Gasteiger partial charge in [-0.1, -0.05) is 50.1 Å². The molecule has 0 amide bonds. The number of hydrogen-bond donors (Lipinski definition) is 1. The van der Waals surface area contributed by atoms with Crippen molar-refractivity contribution in [3.8, 4) is 0 Å². The molecule has 100 valence electrons. The molecule has 0 saturated heterocycles. The van der Waals surface area contributed by atoms with Crippen LogP contribution in [0.2, 0.25) is 0 Å². The van der Waals surface area contributed by atoms with Crippen molar-refractivity contribution >= 4 is 5.97 Å². The molecule has 2 aromatic rings. The SMILES string of the molecule is CCCCC(c1ccccc1)n1cccc1C(=O)O. The lowest BCUT2D eigenvalue weighted by Crippen LogP contribution is -2.15. The maximum Gasteiger partial charge on any atom is 0.352 e. The summed E-state index contributed by atoms with van der Waals surface area (Å²) in [7, 11) is 0. The zero-order chi connectivity index (χ0) is 13.7. The van der Waals surface area contributed by atoms with Crippen LogP contribution in [-0.4, -0.2) is 15.6 Å². The number of carbonyl (C=O) groups is 1. The van der Waals surface area contributed by atoms with E-state index in [9.17, 15) is 9.90 Å². The first-order chi connectivity index (χ1) is 9.24. The molecule has 0 radical (unpaired) electrons. The van der Waals surface area contributed by atoms with Crippen LogP contribution >= 0.6 is 0 Å². The van der Waals surface area contributed by atoms with Gasteiger partial charge in [0.05, 0.1) is 6.04 Å². The minimum Gasteiger partial charge on any atom is -0.477 e. The molecule has 0 bridgehead atoms. The fourth-order valence-electron chi connectivity index (χ4n) is 2.39. The standard InChI is InChI=1S/C16H19NO2/c1-2-3-10-14(13-8-5-4-6-9-13)17-12-7-11-15(17)16(18)19/h4-9,11-12,14H,2-3,10H2,1H3,(H,18,19). The predicted molar refractivity (Wildman–Crippen MR) is 75.5 cm³/mol. The number of hydrogen-bond acceptors (Lipinski definition) is 1. The van der Waals surface area contributed by atoms with Gasteiger partial charge >= 0.3 is 5.97 Å². The highest BCUT2D eigenvalue weighted by atomic mass is 16.4. The van der Waals surface area contributed by atoms with E-state index in [0.29, 0.717) is 5.69 Å². The van der Waals surface area contributed by atoms with Gasteiger partial charge in [-0.3, -0.25) is 0 Å². The van der Waals surface area contributed by atoms with Crippen LogP contribution in [0.4, 0.5) is 0 Å². The zero-order valence-corrected chi connectivity index (χ0v) is 11.1. The van der Waals surface area contributed by atoms with Crippen molar-refractivity contribution in [1.82, 2.24) is 4.57 Å². The fourth-order valence-corrected chi connectivity index (χ4v) is 2.39. The molecule has 1 aromatic carbocycles. The Morgan fingerprint density at radius 1 is 1.21 bits per heavy atom. The molecular weight excluding hydrogens is 238 g/mol. The molecule has 1 aromatic heterocycles. The summed E-state index contributed by atoms with van der Waals surface area (Å²) < 4.78 is 1.87. The highest BCUT2D eigenvalue weighted by molar-refractivity contribution is 5.85. The smallest absolute Gasteiger partial charge is 0.352 e. The highest BCUT2D eigenvalue weighted by Crippen LogP contribution is 2.26.